The van der Waals surface area contributed by atoms with Crippen molar-refractivity contribution >= 4 is 43.4 Å². The molecule has 0 atom stereocenters. The summed E-state index contributed by atoms with van der Waals surface area (Å²) in [6, 6.07) is 44.8. The first-order valence-corrected chi connectivity index (χ1v) is 12.6. The molecule has 0 aliphatic carbocycles. The lowest BCUT2D eigenvalue weighted by atomic mass is 9.91. The molecule has 2 aliphatic rings. The molecule has 0 spiro atoms. The fourth-order valence-electron chi connectivity index (χ4n) is 5.75. The lowest BCUT2D eigenvalue weighted by Gasteiger charge is -2.14. The minimum Gasteiger partial charge on any atom is -0.455 e. The van der Waals surface area contributed by atoms with Gasteiger partial charge in [-0.2, -0.15) is 0 Å². The first-order valence-electron chi connectivity index (χ1n) is 12.6. The molecule has 0 saturated heterocycles. The van der Waals surface area contributed by atoms with Crippen molar-refractivity contribution in [3.63, 3.8) is 0 Å². The van der Waals surface area contributed by atoms with Crippen LogP contribution in [0.1, 0.15) is 0 Å². The molecule has 2 nitrogen and oxygen atoms in total. The van der Waals surface area contributed by atoms with Gasteiger partial charge in [-0.3, -0.25) is 0 Å². The van der Waals surface area contributed by atoms with E-state index in [-0.39, 0.29) is 0 Å². The van der Waals surface area contributed by atoms with E-state index >= 15 is 0 Å². The molecule has 2 aliphatic heterocycles. The second-order valence-electron chi connectivity index (χ2n) is 9.55. The highest BCUT2D eigenvalue weighted by molar-refractivity contribution is 6.14. The van der Waals surface area contributed by atoms with Crippen LogP contribution in [0.5, 0.6) is 0 Å². The first kappa shape index (κ1) is 20.3. The maximum Gasteiger partial charge on any atom is 0.144 e. The second kappa shape index (κ2) is 7.78. The summed E-state index contributed by atoms with van der Waals surface area (Å²) in [5, 5.41) is 7.19. The average molecular weight is 472 g/mol. The molecule has 0 radical (unpaired) electrons. The van der Waals surface area contributed by atoms with Crippen molar-refractivity contribution in [2.75, 3.05) is 0 Å². The van der Waals surface area contributed by atoms with Crippen LogP contribution in [-0.4, -0.2) is 4.98 Å². The molecule has 2 heterocycles. The smallest absolute Gasteiger partial charge is 0.144 e. The number of para-hydroxylation sites is 2. The number of hydrogen-bond acceptors (Lipinski definition) is 2. The van der Waals surface area contributed by atoms with Crippen LogP contribution in [-0.2, 0) is 0 Å². The Hall–Kier alpha value is -4.95. The molecule has 0 N–H and O–H groups in total. The van der Waals surface area contributed by atoms with Gasteiger partial charge in [0, 0.05) is 16.3 Å². The van der Waals surface area contributed by atoms with Crippen LogP contribution < -0.4 is 0 Å². The zero-order chi connectivity index (χ0) is 24.3. The maximum atomic E-state index is 6.64. The van der Waals surface area contributed by atoms with Crippen LogP contribution in [0, 0.1) is 0 Å². The molecule has 8 rings (SSSR count). The van der Waals surface area contributed by atoms with Crippen LogP contribution in [0.15, 0.2) is 132 Å². The van der Waals surface area contributed by atoms with Crippen molar-refractivity contribution in [2.45, 2.75) is 0 Å². The molecule has 0 bridgehead atoms. The summed E-state index contributed by atoms with van der Waals surface area (Å²) in [6.07, 6.45) is 0. The van der Waals surface area contributed by atoms with Gasteiger partial charge in [0.1, 0.15) is 11.3 Å². The summed E-state index contributed by atoms with van der Waals surface area (Å²) in [6.45, 7) is 0. The van der Waals surface area contributed by atoms with Crippen molar-refractivity contribution in [1.82, 2.24) is 4.98 Å². The lowest BCUT2D eigenvalue weighted by Crippen LogP contribution is -1.90. The predicted octanol–water partition coefficient (Wildman–Crippen LogP) is 9.73. The van der Waals surface area contributed by atoms with E-state index in [2.05, 4.69) is 103 Å². The SMILES string of the molecule is c1cc(-c2oc3ccccc3c3nc4ccccc4c2-3)cc(-c2cc3ccccc3c3ccccc23)c1. The van der Waals surface area contributed by atoms with Gasteiger partial charge in [0.05, 0.1) is 16.8 Å². The third-order valence-electron chi connectivity index (χ3n) is 7.43. The molecular weight excluding hydrogens is 450 g/mol. The van der Waals surface area contributed by atoms with Crippen LogP contribution in [0.25, 0.3) is 77.1 Å². The Bertz CT molecular complexity index is 2100. The van der Waals surface area contributed by atoms with Crippen molar-refractivity contribution in [3.05, 3.63) is 127 Å². The maximum absolute atomic E-state index is 6.64. The molecule has 172 valence electrons. The number of hydrogen-bond donors (Lipinski definition) is 0. The Morgan fingerprint density at radius 2 is 1.16 bits per heavy atom. The van der Waals surface area contributed by atoms with Crippen molar-refractivity contribution < 1.29 is 4.42 Å². The van der Waals surface area contributed by atoms with E-state index in [1.807, 2.05) is 24.3 Å². The molecule has 0 amide bonds. The number of aromatic nitrogens is 1. The zero-order valence-corrected chi connectivity index (χ0v) is 20.0. The third-order valence-corrected chi connectivity index (χ3v) is 7.43. The molecule has 6 aromatic rings. The monoisotopic (exact) mass is 471 g/mol. The minimum absolute atomic E-state index is 0.842. The van der Waals surface area contributed by atoms with E-state index in [9.17, 15) is 0 Å². The molecule has 0 fully saturated rings. The number of benzene rings is 6. The van der Waals surface area contributed by atoms with E-state index < -0.39 is 0 Å². The summed E-state index contributed by atoms with van der Waals surface area (Å²) in [5.74, 6) is 0.856. The molecule has 2 heteroatoms. The van der Waals surface area contributed by atoms with Gasteiger partial charge in [0.15, 0.2) is 0 Å². The Balaban J connectivity index is 1.43. The Kier molecular flexibility index (Phi) is 4.26. The van der Waals surface area contributed by atoms with Gasteiger partial charge in [0.25, 0.3) is 0 Å². The van der Waals surface area contributed by atoms with Gasteiger partial charge < -0.3 is 4.42 Å². The summed E-state index contributed by atoms with van der Waals surface area (Å²) >= 11 is 0. The Morgan fingerprint density at radius 1 is 0.486 bits per heavy atom. The zero-order valence-electron chi connectivity index (χ0n) is 20.0. The standard InChI is InChI=1S/C35H21NO/c1-2-13-25-23(10-1)21-30(27-15-4-3-14-26(25)27)22-11-9-12-24(20-22)35-33-28-16-5-7-18-31(28)36-34(33)29-17-6-8-19-32(29)37-35/h1-21H. The van der Waals surface area contributed by atoms with Crippen LogP contribution in [0.2, 0.25) is 0 Å². The summed E-state index contributed by atoms with van der Waals surface area (Å²) < 4.78 is 6.64. The summed E-state index contributed by atoms with van der Waals surface area (Å²) in [5.41, 5.74) is 7.31. The summed E-state index contributed by atoms with van der Waals surface area (Å²) in [7, 11) is 0. The number of rotatable bonds is 2. The minimum atomic E-state index is 0.842. The largest absolute Gasteiger partial charge is 0.455 e. The second-order valence-corrected chi connectivity index (χ2v) is 9.55. The number of fused-ring (bicyclic) bond motifs is 8. The van der Waals surface area contributed by atoms with E-state index in [4.69, 9.17) is 9.40 Å². The molecule has 0 saturated carbocycles. The van der Waals surface area contributed by atoms with Crippen molar-refractivity contribution in [1.29, 1.82) is 0 Å². The average Bonchev–Trinajstić information content (AvgIpc) is 3.36. The van der Waals surface area contributed by atoms with Crippen LogP contribution >= 0.6 is 0 Å². The Labute approximate surface area is 213 Å². The molecule has 6 aromatic carbocycles. The quantitative estimate of drug-likeness (QED) is 0.235. The van der Waals surface area contributed by atoms with Gasteiger partial charge in [-0.15, -0.1) is 0 Å². The fourth-order valence-corrected chi connectivity index (χ4v) is 5.75. The number of nitrogens with zero attached hydrogens (tertiary/aromatic N) is 1. The van der Waals surface area contributed by atoms with Gasteiger partial charge in [-0.05, 0) is 63.0 Å². The lowest BCUT2D eigenvalue weighted by molar-refractivity contribution is 0.622. The summed E-state index contributed by atoms with van der Waals surface area (Å²) in [4.78, 5) is 5.03. The van der Waals surface area contributed by atoms with Gasteiger partial charge in [-0.25, -0.2) is 4.98 Å². The normalized spacial score (nSPS) is 11.8. The van der Waals surface area contributed by atoms with Gasteiger partial charge >= 0.3 is 0 Å². The van der Waals surface area contributed by atoms with E-state index in [0.717, 1.165) is 44.5 Å². The molecule has 0 unspecified atom stereocenters. The van der Waals surface area contributed by atoms with Crippen LogP contribution in [0.3, 0.4) is 0 Å². The van der Waals surface area contributed by atoms with E-state index in [1.54, 1.807) is 0 Å². The molecule has 37 heavy (non-hydrogen) atoms. The highest BCUT2D eigenvalue weighted by Crippen LogP contribution is 2.45. The topological polar surface area (TPSA) is 26.0 Å². The molecule has 0 aromatic heterocycles. The van der Waals surface area contributed by atoms with Crippen LogP contribution in [0.4, 0.5) is 0 Å². The highest BCUT2D eigenvalue weighted by atomic mass is 16.3. The van der Waals surface area contributed by atoms with Crippen molar-refractivity contribution in [3.8, 4) is 33.7 Å². The first-order chi connectivity index (χ1) is 18.3. The predicted molar refractivity (Wildman–Crippen MR) is 154 cm³/mol. The van der Waals surface area contributed by atoms with Crippen molar-refractivity contribution in [2.24, 2.45) is 0 Å². The van der Waals surface area contributed by atoms with Gasteiger partial charge in [0.2, 0.25) is 0 Å². The van der Waals surface area contributed by atoms with E-state index in [0.29, 0.717) is 0 Å². The Morgan fingerprint density at radius 3 is 2.05 bits per heavy atom. The molecular formula is C35H21NO. The highest BCUT2D eigenvalue weighted by Gasteiger charge is 2.23. The third kappa shape index (κ3) is 3.03. The fraction of sp³-hybridized carbons (Fsp3) is 0. The van der Waals surface area contributed by atoms with E-state index in [1.165, 1.54) is 32.7 Å². The van der Waals surface area contributed by atoms with Gasteiger partial charge in [-0.1, -0.05) is 97.1 Å².